The minimum Gasteiger partial charge on any atom is -0.406 e. The van der Waals surface area contributed by atoms with Gasteiger partial charge in [-0.3, -0.25) is 0 Å². The molecular formula is C19H17F3N2O. The zero-order valence-electron chi connectivity index (χ0n) is 13.4. The minimum atomic E-state index is -4.67. The fourth-order valence-corrected chi connectivity index (χ4v) is 3.36. The van der Waals surface area contributed by atoms with Gasteiger partial charge >= 0.3 is 6.36 Å². The molecule has 0 aliphatic carbocycles. The molecule has 0 spiro atoms. The van der Waals surface area contributed by atoms with Crippen molar-refractivity contribution < 1.29 is 17.9 Å². The second kappa shape index (κ2) is 6.11. The number of benzene rings is 2. The Balaban J connectivity index is 1.65. The molecule has 6 heteroatoms. The van der Waals surface area contributed by atoms with E-state index in [-0.39, 0.29) is 5.75 Å². The summed E-state index contributed by atoms with van der Waals surface area (Å²) < 4.78 is 43.0. The van der Waals surface area contributed by atoms with Crippen LogP contribution in [-0.4, -0.2) is 24.0 Å². The summed E-state index contributed by atoms with van der Waals surface area (Å²) in [4.78, 5) is 0. The van der Waals surface area contributed by atoms with Crippen LogP contribution in [0.25, 0.3) is 22.0 Å². The molecule has 3 nitrogen and oxygen atoms in total. The second-order valence-corrected chi connectivity index (χ2v) is 6.13. The van der Waals surface area contributed by atoms with Crippen LogP contribution in [0, 0.1) is 0 Å². The van der Waals surface area contributed by atoms with Crippen LogP contribution in [0.1, 0.15) is 5.69 Å². The van der Waals surface area contributed by atoms with Gasteiger partial charge in [0.15, 0.2) is 0 Å². The number of ether oxygens (including phenoxy) is 1. The molecule has 3 aromatic rings. The molecule has 0 fully saturated rings. The van der Waals surface area contributed by atoms with E-state index in [1.54, 1.807) is 12.1 Å². The maximum absolute atomic E-state index is 12.3. The number of rotatable bonds is 2. The Morgan fingerprint density at radius 3 is 2.44 bits per heavy atom. The molecule has 0 amide bonds. The van der Waals surface area contributed by atoms with Gasteiger partial charge in [0.05, 0.1) is 0 Å². The third-order valence-corrected chi connectivity index (χ3v) is 4.48. The number of halogens is 3. The average Bonchev–Trinajstić information content (AvgIpc) is 2.74. The van der Waals surface area contributed by atoms with Crippen LogP contribution >= 0.6 is 0 Å². The summed E-state index contributed by atoms with van der Waals surface area (Å²) >= 11 is 0. The number of aromatic nitrogens is 1. The van der Waals surface area contributed by atoms with Crippen molar-refractivity contribution >= 4 is 10.9 Å². The largest absolute Gasteiger partial charge is 0.573 e. The van der Waals surface area contributed by atoms with Crippen LogP contribution in [0.4, 0.5) is 13.2 Å². The van der Waals surface area contributed by atoms with Crippen LogP contribution in [0.5, 0.6) is 5.75 Å². The number of nitrogens with one attached hydrogen (secondary N) is 1. The average molecular weight is 346 g/mol. The SMILES string of the molecule is FC(F)(F)Oc1ccc(-c2ccc3c(c2)cc2n3CCNCC2)cc1. The number of nitrogens with zero attached hydrogens (tertiary/aromatic N) is 1. The molecule has 0 bridgehead atoms. The van der Waals surface area contributed by atoms with Gasteiger partial charge in [0.2, 0.25) is 0 Å². The van der Waals surface area contributed by atoms with E-state index in [9.17, 15) is 13.2 Å². The molecule has 1 N–H and O–H groups in total. The van der Waals surface area contributed by atoms with Gasteiger partial charge in [-0.05, 0) is 41.5 Å². The van der Waals surface area contributed by atoms with Crippen molar-refractivity contribution in [1.29, 1.82) is 0 Å². The van der Waals surface area contributed by atoms with Crippen molar-refractivity contribution in [3.63, 3.8) is 0 Å². The molecule has 0 saturated carbocycles. The Morgan fingerprint density at radius 1 is 0.920 bits per heavy atom. The van der Waals surface area contributed by atoms with Crippen molar-refractivity contribution in [3.05, 3.63) is 54.2 Å². The van der Waals surface area contributed by atoms with E-state index >= 15 is 0 Å². The molecule has 0 radical (unpaired) electrons. The summed E-state index contributed by atoms with van der Waals surface area (Å²) in [7, 11) is 0. The number of alkyl halides is 3. The van der Waals surface area contributed by atoms with Gasteiger partial charge in [0, 0.05) is 42.7 Å². The summed E-state index contributed by atoms with van der Waals surface area (Å²) in [5, 5.41) is 4.55. The quantitative estimate of drug-likeness (QED) is 0.746. The first-order valence-electron chi connectivity index (χ1n) is 8.19. The Labute approximate surface area is 143 Å². The van der Waals surface area contributed by atoms with Crippen molar-refractivity contribution in [2.24, 2.45) is 0 Å². The normalized spacial score (nSPS) is 15.0. The molecule has 0 saturated heterocycles. The Hall–Kier alpha value is -2.47. The van der Waals surface area contributed by atoms with E-state index in [1.807, 2.05) is 6.07 Å². The highest BCUT2D eigenvalue weighted by molar-refractivity contribution is 5.86. The smallest absolute Gasteiger partial charge is 0.406 e. The lowest BCUT2D eigenvalue weighted by molar-refractivity contribution is -0.274. The topological polar surface area (TPSA) is 26.2 Å². The molecule has 130 valence electrons. The third kappa shape index (κ3) is 3.35. The summed E-state index contributed by atoms with van der Waals surface area (Å²) in [6.07, 6.45) is -3.67. The maximum atomic E-state index is 12.3. The van der Waals surface area contributed by atoms with Crippen LogP contribution in [0.2, 0.25) is 0 Å². The van der Waals surface area contributed by atoms with E-state index < -0.39 is 6.36 Å². The molecule has 0 unspecified atom stereocenters. The van der Waals surface area contributed by atoms with Crippen LogP contribution in [0.3, 0.4) is 0 Å². The van der Waals surface area contributed by atoms with Gasteiger partial charge in [-0.2, -0.15) is 0 Å². The molecule has 25 heavy (non-hydrogen) atoms. The lowest BCUT2D eigenvalue weighted by Crippen LogP contribution is -2.17. The highest BCUT2D eigenvalue weighted by Crippen LogP contribution is 2.30. The lowest BCUT2D eigenvalue weighted by atomic mass is 10.0. The molecule has 1 aliphatic rings. The van der Waals surface area contributed by atoms with Gasteiger partial charge < -0.3 is 14.6 Å². The fraction of sp³-hybridized carbons (Fsp3) is 0.263. The molecule has 1 aliphatic heterocycles. The van der Waals surface area contributed by atoms with Crippen molar-refractivity contribution in [3.8, 4) is 16.9 Å². The first-order chi connectivity index (χ1) is 12.0. The van der Waals surface area contributed by atoms with Crippen LogP contribution in [0.15, 0.2) is 48.5 Å². The van der Waals surface area contributed by atoms with E-state index in [1.165, 1.54) is 23.3 Å². The van der Waals surface area contributed by atoms with E-state index in [0.717, 1.165) is 42.6 Å². The zero-order valence-corrected chi connectivity index (χ0v) is 13.4. The molecular weight excluding hydrogens is 329 g/mol. The number of hydrogen-bond donors (Lipinski definition) is 1. The highest BCUT2D eigenvalue weighted by atomic mass is 19.4. The standard InChI is InChI=1S/C19H17F3N2O/c20-19(21,22)25-17-4-1-13(2-5-17)14-3-6-18-15(11-14)12-16-7-8-23-9-10-24(16)18/h1-6,11-12,23H,7-10H2. The first kappa shape index (κ1) is 16.0. The Morgan fingerprint density at radius 2 is 1.68 bits per heavy atom. The predicted molar refractivity (Wildman–Crippen MR) is 90.6 cm³/mol. The summed E-state index contributed by atoms with van der Waals surface area (Å²) in [5.41, 5.74) is 4.34. The lowest BCUT2D eigenvalue weighted by Gasteiger charge is -2.10. The van der Waals surface area contributed by atoms with Gasteiger partial charge in [0.25, 0.3) is 0 Å². The van der Waals surface area contributed by atoms with Crippen LogP contribution in [-0.2, 0) is 13.0 Å². The third-order valence-electron chi connectivity index (χ3n) is 4.48. The molecule has 2 heterocycles. The van der Waals surface area contributed by atoms with Crippen LogP contribution < -0.4 is 10.1 Å². The van der Waals surface area contributed by atoms with Gasteiger partial charge in [0.1, 0.15) is 5.75 Å². The first-order valence-corrected chi connectivity index (χ1v) is 8.19. The van der Waals surface area contributed by atoms with E-state index in [2.05, 4.69) is 32.8 Å². The number of hydrogen-bond acceptors (Lipinski definition) is 2. The fourth-order valence-electron chi connectivity index (χ4n) is 3.36. The van der Waals surface area contributed by atoms with Crippen molar-refractivity contribution in [2.75, 3.05) is 13.1 Å². The summed E-state index contributed by atoms with van der Waals surface area (Å²) in [6, 6.07) is 14.4. The molecule has 4 rings (SSSR count). The summed E-state index contributed by atoms with van der Waals surface area (Å²) in [5.74, 6) is -0.208. The number of fused-ring (bicyclic) bond motifs is 3. The van der Waals surface area contributed by atoms with Crippen molar-refractivity contribution in [1.82, 2.24) is 9.88 Å². The monoisotopic (exact) mass is 346 g/mol. The predicted octanol–water partition coefficient (Wildman–Crippen LogP) is 4.35. The molecule has 0 atom stereocenters. The van der Waals surface area contributed by atoms with Gasteiger partial charge in [-0.25, -0.2) is 0 Å². The molecule has 2 aromatic carbocycles. The minimum absolute atomic E-state index is 0.208. The van der Waals surface area contributed by atoms with E-state index in [4.69, 9.17) is 0 Å². The Kier molecular flexibility index (Phi) is 3.92. The van der Waals surface area contributed by atoms with Crippen molar-refractivity contribution in [2.45, 2.75) is 19.3 Å². The highest BCUT2D eigenvalue weighted by Gasteiger charge is 2.30. The Bertz CT molecular complexity index is 897. The maximum Gasteiger partial charge on any atom is 0.573 e. The zero-order chi connectivity index (χ0) is 17.4. The second-order valence-electron chi connectivity index (χ2n) is 6.13. The van der Waals surface area contributed by atoms with Gasteiger partial charge in [-0.1, -0.05) is 18.2 Å². The summed E-state index contributed by atoms with van der Waals surface area (Å²) in [6.45, 7) is 2.88. The van der Waals surface area contributed by atoms with Gasteiger partial charge in [-0.15, -0.1) is 13.2 Å². The molecule has 1 aromatic heterocycles. The van der Waals surface area contributed by atoms with E-state index in [0.29, 0.717) is 0 Å².